The van der Waals surface area contributed by atoms with Crippen LogP contribution >= 0.6 is 0 Å². The maximum absolute atomic E-state index is 11.7. The molecule has 1 atom stereocenters. The highest BCUT2D eigenvalue weighted by Crippen LogP contribution is 2.06. The third kappa shape index (κ3) is 3.64. The average molecular weight is 199 g/mol. The van der Waals surface area contributed by atoms with Crippen LogP contribution in [0.1, 0.15) is 19.8 Å². The number of nitrogens with zero attached hydrogens (tertiary/aromatic N) is 1. The van der Waals surface area contributed by atoms with Crippen LogP contribution in [0.4, 0.5) is 0 Å². The maximum Gasteiger partial charge on any atom is 0.222 e. The third-order valence-corrected chi connectivity index (χ3v) is 2.72. The van der Waals surface area contributed by atoms with Crippen LogP contribution in [0.2, 0.25) is 0 Å². The molecule has 4 nitrogen and oxygen atoms in total. The third-order valence-electron chi connectivity index (χ3n) is 2.72. The lowest BCUT2D eigenvalue weighted by Crippen LogP contribution is -2.46. The lowest BCUT2D eigenvalue weighted by atomic mass is 10.1. The van der Waals surface area contributed by atoms with E-state index in [1.165, 1.54) is 0 Å². The Balaban J connectivity index is 2.19. The molecule has 0 aromatic heterocycles. The molecule has 0 spiro atoms. The molecule has 1 amide bonds. The number of rotatable bonds is 4. The van der Waals surface area contributed by atoms with Crippen molar-refractivity contribution in [2.45, 2.75) is 19.8 Å². The second kappa shape index (κ2) is 5.98. The number of hydrogen-bond donors (Lipinski definition) is 2. The number of hydrogen-bond acceptors (Lipinski definition) is 3. The number of nitrogens with two attached hydrogens (primary N) is 1. The molecule has 0 aliphatic carbocycles. The van der Waals surface area contributed by atoms with Crippen LogP contribution in [0.25, 0.3) is 0 Å². The Kier molecular flexibility index (Phi) is 4.90. The molecule has 4 heteroatoms. The van der Waals surface area contributed by atoms with Gasteiger partial charge >= 0.3 is 0 Å². The fourth-order valence-electron chi connectivity index (χ4n) is 1.56. The Morgan fingerprint density at radius 1 is 1.50 bits per heavy atom. The van der Waals surface area contributed by atoms with Gasteiger partial charge in [0.05, 0.1) is 0 Å². The molecule has 0 aromatic rings. The van der Waals surface area contributed by atoms with Crippen molar-refractivity contribution in [2.75, 3.05) is 32.7 Å². The minimum absolute atomic E-state index is 0.284. The van der Waals surface area contributed by atoms with Gasteiger partial charge in [0.1, 0.15) is 0 Å². The first-order valence-corrected chi connectivity index (χ1v) is 5.42. The molecule has 0 saturated carbocycles. The molecule has 0 radical (unpaired) electrons. The summed E-state index contributed by atoms with van der Waals surface area (Å²) in [7, 11) is 0. The van der Waals surface area contributed by atoms with E-state index in [1.54, 1.807) is 0 Å². The SMILES string of the molecule is CC(CN)CCC(=O)N1CCNCC1. The van der Waals surface area contributed by atoms with Gasteiger partial charge in [0.2, 0.25) is 5.91 Å². The van der Waals surface area contributed by atoms with E-state index < -0.39 is 0 Å². The van der Waals surface area contributed by atoms with E-state index in [1.807, 2.05) is 4.90 Å². The topological polar surface area (TPSA) is 58.4 Å². The van der Waals surface area contributed by atoms with Crippen molar-refractivity contribution in [2.24, 2.45) is 11.7 Å². The molecule has 1 saturated heterocycles. The number of carbonyl (C=O) groups excluding carboxylic acids is 1. The van der Waals surface area contributed by atoms with Crippen molar-refractivity contribution in [3.8, 4) is 0 Å². The molecule has 1 aliphatic heterocycles. The summed E-state index contributed by atoms with van der Waals surface area (Å²) in [5.74, 6) is 0.744. The number of piperazine rings is 1. The van der Waals surface area contributed by atoms with Gasteiger partial charge in [-0.15, -0.1) is 0 Å². The first-order valence-electron chi connectivity index (χ1n) is 5.42. The van der Waals surface area contributed by atoms with Crippen LogP contribution in [-0.4, -0.2) is 43.5 Å². The molecule has 82 valence electrons. The highest BCUT2D eigenvalue weighted by molar-refractivity contribution is 5.76. The van der Waals surface area contributed by atoms with Gasteiger partial charge in [0.25, 0.3) is 0 Å². The minimum Gasteiger partial charge on any atom is -0.340 e. The summed E-state index contributed by atoms with van der Waals surface area (Å²) in [6, 6.07) is 0. The monoisotopic (exact) mass is 199 g/mol. The molecule has 1 rings (SSSR count). The molecule has 1 aliphatic rings. The van der Waals surface area contributed by atoms with Crippen LogP contribution in [0, 0.1) is 5.92 Å². The van der Waals surface area contributed by atoms with Gasteiger partial charge in [-0.25, -0.2) is 0 Å². The van der Waals surface area contributed by atoms with E-state index in [4.69, 9.17) is 5.73 Å². The predicted octanol–water partition coefficient (Wildman–Crippen LogP) is -0.207. The standard InChI is InChI=1S/C10H21N3O/c1-9(8-11)2-3-10(14)13-6-4-12-5-7-13/h9,12H,2-8,11H2,1H3. The molecule has 1 heterocycles. The highest BCUT2D eigenvalue weighted by atomic mass is 16.2. The predicted molar refractivity (Wildman–Crippen MR) is 56.9 cm³/mol. The molecule has 0 bridgehead atoms. The molecule has 3 N–H and O–H groups in total. The fourth-order valence-corrected chi connectivity index (χ4v) is 1.56. The van der Waals surface area contributed by atoms with E-state index in [0.29, 0.717) is 18.9 Å². The smallest absolute Gasteiger partial charge is 0.222 e. The van der Waals surface area contributed by atoms with Crippen molar-refractivity contribution in [1.82, 2.24) is 10.2 Å². The highest BCUT2D eigenvalue weighted by Gasteiger charge is 2.16. The van der Waals surface area contributed by atoms with Crippen molar-refractivity contribution < 1.29 is 4.79 Å². The molecule has 1 unspecified atom stereocenters. The normalized spacial score (nSPS) is 19.4. The van der Waals surface area contributed by atoms with Gasteiger partial charge in [0.15, 0.2) is 0 Å². The summed E-state index contributed by atoms with van der Waals surface area (Å²) in [5.41, 5.74) is 5.50. The Morgan fingerprint density at radius 3 is 2.71 bits per heavy atom. The summed E-state index contributed by atoms with van der Waals surface area (Å²) in [6.07, 6.45) is 1.57. The Bertz CT molecular complexity index is 178. The van der Waals surface area contributed by atoms with Crippen LogP contribution in [0.15, 0.2) is 0 Å². The average Bonchev–Trinajstić information content (AvgIpc) is 2.26. The van der Waals surface area contributed by atoms with Crippen molar-refractivity contribution in [3.63, 3.8) is 0 Å². The van der Waals surface area contributed by atoms with E-state index in [2.05, 4.69) is 12.2 Å². The van der Waals surface area contributed by atoms with Crippen molar-refractivity contribution in [1.29, 1.82) is 0 Å². The lowest BCUT2D eigenvalue weighted by molar-refractivity contribution is -0.132. The quantitative estimate of drug-likeness (QED) is 0.659. The summed E-state index contributed by atoms with van der Waals surface area (Å²) < 4.78 is 0. The van der Waals surface area contributed by atoms with Crippen molar-refractivity contribution in [3.05, 3.63) is 0 Å². The maximum atomic E-state index is 11.7. The molecule has 1 fully saturated rings. The summed E-state index contributed by atoms with van der Waals surface area (Å²) in [6.45, 7) is 6.34. The van der Waals surface area contributed by atoms with Crippen LogP contribution in [0.5, 0.6) is 0 Å². The van der Waals surface area contributed by atoms with E-state index in [-0.39, 0.29) is 5.91 Å². The number of nitrogens with one attached hydrogen (secondary N) is 1. The zero-order valence-corrected chi connectivity index (χ0v) is 8.96. The van der Waals surface area contributed by atoms with Crippen molar-refractivity contribution >= 4 is 5.91 Å². The first kappa shape index (κ1) is 11.5. The summed E-state index contributed by atoms with van der Waals surface area (Å²) in [5, 5.41) is 3.23. The fraction of sp³-hybridized carbons (Fsp3) is 0.900. The van der Waals surface area contributed by atoms with E-state index in [0.717, 1.165) is 32.6 Å². The van der Waals surface area contributed by atoms with Crippen LogP contribution in [-0.2, 0) is 4.79 Å². The Labute approximate surface area is 85.8 Å². The second-order valence-electron chi connectivity index (χ2n) is 4.01. The molecule has 14 heavy (non-hydrogen) atoms. The van der Waals surface area contributed by atoms with Crippen LogP contribution in [0.3, 0.4) is 0 Å². The zero-order chi connectivity index (χ0) is 10.4. The van der Waals surface area contributed by atoms with Gasteiger partial charge < -0.3 is 16.0 Å². The Morgan fingerprint density at radius 2 is 2.14 bits per heavy atom. The lowest BCUT2D eigenvalue weighted by Gasteiger charge is -2.27. The molecular weight excluding hydrogens is 178 g/mol. The zero-order valence-electron chi connectivity index (χ0n) is 8.96. The van der Waals surface area contributed by atoms with Gasteiger partial charge in [-0.2, -0.15) is 0 Å². The summed E-state index contributed by atoms with van der Waals surface area (Å²) >= 11 is 0. The van der Waals surface area contributed by atoms with Gasteiger partial charge in [-0.05, 0) is 18.9 Å². The molecular formula is C10H21N3O. The van der Waals surface area contributed by atoms with Crippen LogP contribution < -0.4 is 11.1 Å². The number of carbonyl (C=O) groups is 1. The van der Waals surface area contributed by atoms with E-state index >= 15 is 0 Å². The summed E-state index contributed by atoms with van der Waals surface area (Å²) in [4.78, 5) is 13.6. The molecule has 0 aromatic carbocycles. The largest absolute Gasteiger partial charge is 0.340 e. The van der Waals surface area contributed by atoms with Gasteiger partial charge in [-0.1, -0.05) is 6.92 Å². The van der Waals surface area contributed by atoms with Gasteiger partial charge in [0, 0.05) is 32.6 Å². The first-order chi connectivity index (χ1) is 6.74. The van der Waals surface area contributed by atoms with Gasteiger partial charge in [-0.3, -0.25) is 4.79 Å². The minimum atomic E-state index is 0.284. The number of amides is 1. The second-order valence-corrected chi connectivity index (χ2v) is 4.01. The van der Waals surface area contributed by atoms with E-state index in [9.17, 15) is 4.79 Å². The Hall–Kier alpha value is -0.610.